The summed E-state index contributed by atoms with van der Waals surface area (Å²) in [5.41, 5.74) is 2.95. The molecule has 130 valence electrons. The summed E-state index contributed by atoms with van der Waals surface area (Å²) in [6.07, 6.45) is 2.24. The Bertz CT molecular complexity index is 557. The number of benzene rings is 2. The normalized spacial score (nSPS) is 12.8. The first-order chi connectivity index (χ1) is 11.3. The molecule has 2 aromatic carbocycles. The van der Waals surface area contributed by atoms with Crippen molar-refractivity contribution in [2.24, 2.45) is 0 Å². The number of nitrogens with zero attached hydrogens (tertiary/aromatic N) is 1. The second kappa shape index (κ2) is 7.53. The van der Waals surface area contributed by atoms with E-state index in [1.165, 1.54) is 11.1 Å². The van der Waals surface area contributed by atoms with E-state index in [4.69, 9.17) is 0 Å². The van der Waals surface area contributed by atoms with Gasteiger partial charge in [-0.05, 0) is 51.7 Å². The lowest BCUT2D eigenvalue weighted by atomic mass is 9.83. The summed E-state index contributed by atoms with van der Waals surface area (Å²) in [6, 6.07) is 22.1. The Morgan fingerprint density at radius 1 is 0.667 bits per heavy atom. The third-order valence-corrected chi connectivity index (χ3v) is 5.52. The molecule has 0 saturated heterocycles. The molecule has 2 rings (SSSR count). The molecule has 2 aromatic rings. The van der Waals surface area contributed by atoms with E-state index < -0.39 is 0 Å². The maximum absolute atomic E-state index is 2.73. The lowest BCUT2D eigenvalue weighted by molar-refractivity contribution is -0.0168. The lowest BCUT2D eigenvalue weighted by Crippen LogP contribution is -2.56. The Kier molecular flexibility index (Phi) is 5.87. The summed E-state index contributed by atoms with van der Waals surface area (Å²) >= 11 is 0. The van der Waals surface area contributed by atoms with Crippen LogP contribution in [-0.4, -0.2) is 16.0 Å². The highest BCUT2D eigenvalue weighted by Crippen LogP contribution is 2.42. The van der Waals surface area contributed by atoms with Gasteiger partial charge in [-0.25, -0.2) is 0 Å². The monoisotopic (exact) mass is 323 g/mol. The summed E-state index contributed by atoms with van der Waals surface area (Å²) in [7, 11) is 0. The van der Waals surface area contributed by atoms with Crippen LogP contribution in [0.1, 0.15) is 71.6 Å². The quantitative estimate of drug-likeness (QED) is 0.565. The fourth-order valence-corrected chi connectivity index (χ4v) is 3.62. The Balaban J connectivity index is 2.66. The predicted octanol–water partition coefficient (Wildman–Crippen LogP) is 6.46. The second-order valence-electron chi connectivity index (χ2n) is 7.93. The smallest absolute Gasteiger partial charge is 0.0611 e. The molecule has 1 heteroatoms. The van der Waals surface area contributed by atoms with Crippen molar-refractivity contribution in [3.8, 4) is 0 Å². The Labute approximate surface area is 148 Å². The fourth-order valence-electron chi connectivity index (χ4n) is 3.62. The molecule has 0 aliphatic rings. The summed E-state index contributed by atoms with van der Waals surface area (Å²) in [5.74, 6) is 0. The maximum Gasteiger partial charge on any atom is 0.0611 e. The van der Waals surface area contributed by atoms with E-state index in [-0.39, 0.29) is 17.1 Å². The molecular formula is C23H33N. The van der Waals surface area contributed by atoms with Crippen molar-refractivity contribution in [2.45, 2.75) is 71.5 Å². The van der Waals surface area contributed by atoms with E-state index >= 15 is 0 Å². The molecule has 1 nitrogen and oxygen atoms in total. The zero-order valence-electron chi connectivity index (χ0n) is 16.2. The largest absolute Gasteiger partial charge is 0.282 e. The van der Waals surface area contributed by atoms with Gasteiger partial charge >= 0.3 is 0 Å². The van der Waals surface area contributed by atoms with E-state index in [9.17, 15) is 0 Å². The molecule has 0 heterocycles. The Morgan fingerprint density at radius 3 is 1.29 bits per heavy atom. The average Bonchev–Trinajstić information content (AvgIpc) is 2.60. The van der Waals surface area contributed by atoms with Crippen LogP contribution in [0.4, 0.5) is 0 Å². The van der Waals surface area contributed by atoms with Gasteiger partial charge in [0.25, 0.3) is 0 Å². The van der Waals surface area contributed by atoms with Gasteiger partial charge < -0.3 is 0 Å². The standard InChI is InChI=1S/C23H33N/c1-7-22(3,4)24(23(5,6)8-2)21(19-15-11-9-12-16-19)20-17-13-10-14-18-20/h9-18,21H,7-8H2,1-6H3. The van der Waals surface area contributed by atoms with Crippen molar-refractivity contribution >= 4 is 0 Å². The van der Waals surface area contributed by atoms with Crippen LogP contribution in [0.2, 0.25) is 0 Å². The van der Waals surface area contributed by atoms with Gasteiger partial charge in [0, 0.05) is 11.1 Å². The van der Waals surface area contributed by atoms with Crippen molar-refractivity contribution in [3.63, 3.8) is 0 Å². The molecule has 0 fully saturated rings. The van der Waals surface area contributed by atoms with Gasteiger partial charge in [-0.2, -0.15) is 0 Å². The maximum atomic E-state index is 2.73. The van der Waals surface area contributed by atoms with Crippen molar-refractivity contribution in [1.82, 2.24) is 4.90 Å². The second-order valence-corrected chi connectivity index (χ2v) is 7.93. The summed E-state index contributed by atoms with van der Waals surface area (Å²) in [4.78, 5) is 2.73. The molecule has 0 aliphatic carbocycles. The number of hydrogen-bond acceptors (Lipinski definition) is 1. The molecule has 0 atom stereocenters. The van der Waals surface area contributed by atoms with E-state index in [1.807, 2.05) is 0 Å². The third-order valence-electron chi connectivity index (χ3n) is 5.52. The van der Waals surface area contributed by atoms with Gasteiger partial charge in [0.15, 0.2) is 0 Å². The van der Waals surface area contributed by atoms with Gasteiger partial charge in [0.2, 0.25) is 0 Å². The highest BCUT2D eigenvalue weighted by molar-refractivity contribution is 5.33. The van der Waals surface area contributed by atoms with Crippen LogP contribution in [0.25, 0.3) is 0 Å². The van der Waals surface area contributed by atoms with Gasteiger partial charge in [0.05, 0.1) is 6.04 Å². The van der Waals surface area contributed by atoms with Crippen LogP contribution in [0, 0.1) is 0 Å². The molecule has 0 aromatic heterocycles. The third kappa shape index (κ3) is 3.89. The van der Waals surface area contributed by atoms with Crippen LogP contribution < -0.4 is 0 Å². The molecule has 0 aliphatic heterocycles. The molecule has 0 saturated carbocycles. The minimum absolute atomic E-state index is 0.107. The molecule has 0 radical (unpaired) electrons. The van der Waals surface area contributed by atoms with E-state index in [0.29, 0.717) is 0 Å². The fraction of sp³-hybridized carbons (Fsp3) is 0.478. The van der Waals surface area contributed by atoms with Crippen LogP contribution in [0.3, 0.4) is 0 Å². The number of hydrogen-bond donors (Lipinski definition) is 0. The topological polar surface area (TPSA) is 3.24 Å². The first-order valence-corrected chi connectivity index (χ1v) is 9.23. The van der Waals surface area contributed by atoms with Crippen LogP contribution in [0.15, 0.2) is 60.7 Å². The summed E-state index contributed by atoms with van der Waals surface area (Å²) < 4.78 is 0. The van der Waals surface area contributed by atoms with Crippen LogP contribution in [0.5, 0.6) is 0 Å². The highest BCUT2D eigenvalue weighted by atomic mass is 15.3. The minimum atomic E-state index is 0.107. The Morgan fingerprint density at radius 2 is 1.00 bits per heavy atom. The molecular weight excluding hydrogens is 290 g/mol. The van der Waals surface area contributed by atoms with E-state index in [1.54, 1.807) is 0 Å². The van der Waals surface area contributed by atoms with Gasteiger partial charge in [-0.3, -0.25) is 4.90 Å². The zero-order valence-corrected chi connectivity index (χ0v) is 16.2. The van der Waals surface area contributed by atoms with E-state index in [0.717, 1.165) is 12.8 Å². The Hall–Kier alpha value is -1.60. The number of rotatable bonds is 7. The van der Waals surface area contributed by atoms with E-state index in [2.05, 4.69) is 107 Å². The first-order valence-electron chi connectivity index (χ1n) is 9.23. The minimum Gasteiger partial charge on any atom is -0.282 e. The van der Waals surface area contributed by atoms with Gasteiger partial charge in [-0.15, -0.1) is 0 Å². The van der Waals surface area contributed by atoms with Gasteiger partial charge in [0.1, 0.15) is 0 Å². The molecule has 0 amide bonds. The molecule has 0 spiro atoms. The lowest BCUT2D eigenvalue weighted by Gasteiger charge is -2.53. The van der Waals surface area contributed by atoms with Crippen molar-refractivity contribution in [3.05, 3.63) is 71.8 Å². The zero-order chi connectivity index (χ0) is 17.8. The van der Waals surface area contributed by atoms with Gasteiger partial charge in [-0.1, -0.05) is 74.5 Å². The molecule has 0 unspecified atom stereocenters. The summed E-state index contributed by atoms with van der Waals surface area (Å²) in [6.45, 7) is 14.1. The van der Waals surface area contributed by atoms with Crippen molar-refractivity contribution in [2.75, 3.05) is 0 Å². The highest BCUT2D eigenvalue weighted by Gasteiger charge is 2.41. The molecule has 24 heavy (non-hydrogen) atoms. The summed E-state index contributed by atoms with van der Waals surface area (Å²) in [5, 5.41) is 0. The molecule has 0 bridgehead atoms. The average molecular weight is 324 g/mol. The molecule has 0 N–H and O–H groups in total. The van der Waals surface area contributed by atoms with Crippen molar-refractivity contribution in [1.29, 1.82) is 0 Å². The van der Waals surface area contributed by atoms with Crippen LogP contribution >= 0.6 is 0 Å². The predicted molar refractivity (Wildman–Crippen MR) is 105 cm³/mol. The van der Waals surface area contributed by atoms with Crippen LogP contribution in [-0.2, 0) is 0 Å². The first kappa shape index (κ1) is 18.7. The van der Waals surface area contributed by atoms with Crippen molar-refractivity contribution < 1.29 is 0 Å². The SMILES string of the molecule is CCC(C)(C)N(C(c1ccccc1)c1ccccc1)C(C)(C)CC.